The Bertz CT molecular complexity index is 724. The highest BCUT2D eigenvalue weighted by molar-refractivity contribution is 5.91. The fraction of sp³-hybridized carbons (Fsp3) is 0.375. The van der Waals surface area contributed by atoms with E-state index in [9.17, 15) is 18.0 Å². The van der Waals surface area contributed by atoms with Gasteiger partial charge in [0.15, 0.2) is 0 Å². The average Bonchev–Trinajstić information content (AvgIpc) is 2.81. The summed E-state index contributed by atoms with van der Waals surface area (Å²) in [5.74, 6) is 0.178. The van der Waals surface area contributed by atoms with E-state index >= 15 is 0 Å². The number of nitrogens with one attached hydrogen (secondary N) is 2. The Morgan fingerprint density at radius 1 is 1.33 bits per heavy atom. The zero-order valence-corrected chi connectivity index (χ0v) is 13.6. The van der Waals surface area contributed by atoms with Crippen molar-refractivity contribution in [3.63, 3.8) is 0 Å². The van der Waals surface area contributed by atoms with E-state index in [4.69, 9.17) is 0 Å². The number of carbonyl (C=O) groups excluding carboxylic acids is 1. The molecule has 0 spiro atoms. The van der Waals surface area contributed by atoms with E-state index in [2.05, 4.69) is 15.7 Å². The average molecular weight is 340 g/mol. The first-order valence-corrected chi connectivity index (χ1v) is 7.38. The SMILES string of the molecule is Cc1cc(NC(=O)CN[C@@H](C)c2ccccc2C(F)(F)F)n(C)n1. The van der Waals surface area contributed by atoms with Crippen molar-refractivity contribution in [3.8, 4) is 0 Å². The zero-order valence-electron chi connectivity index (χ0n) is 13.6. The van der Waals surface area contributed by atoms with E-state index in [1.54, 1.807) is 33.0 Å². The Labute approximate surface area is 137 Å². The maximum absolute atomic E-state index is 13.0. The molecule has 2 aromatic rings. The minimum Gasteiger partial charge on any atom is -0.310 e. The van der Waals surface area contributed by atoms with Crippen LogP contribution in [0.25, 0.3) is 0 Å². The van der Waals surface area contributed by atoms with Gasteiger partial charge < -0.3 is 10.6 Å². The third-order valence-corrected chi connectivity index (χ3v) is 3.57. The maximum atomic E-state index is 13.0. The minimum absolute atomic E-state index is 0.106. The summed E-state index contributed by atoms with van der Waals surface area (Å²) in [6.07, 6.45) is -4.43. The highest BCUT2D eigenvalue weighted by Gasteiger charge is 2.34. The molecule has 1 aromatic heterocycles. The summed E-state index contributed by atoms with van der Waals surface area (Å²) in [5, 5.41) is 9.58. The lowest BCUT2D eigenvalue weighted by atomic mass is 10.0. The molecule has 0 bridgehead atoms. The Hall–Kier alpha value is -2.35. The van der Waals surface area contributed by atoms with Crippen molar-refractivity contribution in [3.05, 3.63) is 47.2 Å². The van der Waals surface area contributed by atoms with Crippen LogP contribution in [-0.2, 0) is 18.0 Å². The predicted molar refractivity (Wildman–Crippen MR) is 84.4 cm³/mol. The molecule has 24 heavy (non-hydrogen) atoms. The molecule has 1 aromatic carbocycles. The van der Waals surface area contributed by atoms with Crippen LogP contribution in [0.3, 0.4) is 0 Å². The number of benzene rings is 1. The van der Waals surface area contributed by atoms with E-state index in [-0.39, 0.29) is 18.0 Å². The molecule has 1 amide bonds. The van der Waals surface area contributed by atoms with Gasteiger partial charge in [-0.05, 0) is 25.5 Å². The number of hydrogen-bond donors (Lipinski definition) is 2. The van der Waals surface area contributed by atoms with Crippen LogP contribution in [0.4, 0.5) is 19.0 Å². The molecule has 0 saturated carbocycles. The van der Waals surface area contributed by atoms with Crippen molar-refractivity contribution in [1.82, 2.24) is 15.1 Å². The van der Waals surface area contributed by atoms with Crippen LogP contribution >= 0.6 is 0 Å². The molecule has 0 saturated heterocycles. The second-order valence-electron chi connectivity index (χ2n) is 5.53. The van der Waals surface area contributed by atoms with Gasteiger partial charge in [0.2, 0.25) is 5.91 Å². The number of alkyl halides is 3. The number of aryl methyl sites for hydroxylation is 2. The van der Waals surface area contributed by atoms with Crippen LogP contribution in [0, 0.1) is 6.92 Å². The topological polar surface area (TPSA) is 59.0 Å². The van der Waals surface area contributed by atoms with Crippen LogP contribution in [0.2, 0.25) is 0 Å². The summed E-state index contributed by atoms with van der Waals surface area (Å²) < 4.78 is 40.6. The number of anilines is 1. The van der Waals surface area contributed by atoms with Crippen molar-refractivity contribution in [2.75, 3.05) is 11.9 Å². The Morgan fingerprint density at radius 3 is 2.58 bits per heavy atom. The number of halogens is 3. The molecule has 1 atom stereocenters. The van der Waals surface area contributed by atoms with Crippen LogP contribution in [0.15, 0.2) is 30.3 Å². The standard InChI is InChI=1S/C16H19F3N4O/c1-10-8-14(23(3)22-10)21-15(24)9-20-11(2)12-6-4-5-7-13(12)16(17,18)19/h4-8,11,20H,9H2,1-3H3,(H,21,24)/t11-/m0/s1. The van der Waals surface area contributed by atoms with Crippen molar-refractivity contribution < 1.29 is 18.0 Å². The van der Waals surface area contributed by atoms with Gasteiger partial charge in [-0.3, -0.25) is 9.48 Å². The monoisotopic (exact) mass is 340 g/mol. The second kappa shape index (κ2) is 7.04. The first-order valence-electron chi connectivity index (χ1n) is 7.38. The molecule has 1 heterocycles. The zero-order chi connectivity index (χ0) is 17.9. The van der Waals surface area contributed by atoms with E-state index in [0.29, 0.717) is 5.82 Å². The maximum Gasteiger partial charge on any atom is 0.416 e. The van der Waals surface area contributed by atoms with E-state index in [0.717, 1.165) is 11.8 Å². The number of rotatable bonds is 5. The molecular weight excluding hydrogens is 321 g/mol. The number of nitrogens with zero attached hydrogens (tertiary/aromatic N) is 2. The van der Waals surface area contributed by atoms with Crippen LogP contribution in [0.1, 0.15) is 29.8 Å². The first-order chi connectivity index (χ1) is 11.2. The van der Waals surface area contributed by atoms with Crippen LogP contribution in [-0.4, -0.2) is 22.2 Å². The summed E-state index contributed by atoms with van der Waals surface area (Å²) in [6.45, 7) is 3.27. The van der Waals surface area contributed by atoms with Gasteiger partial charge >= 0.3 is 6.18 Å². The van der Waals surface area contributed by atoms with Crippen molar-refractivity contribution in [1.29, 1.82) is 0 Å². The molecule has 0 aliphatic heterocycles. The molecule has 8 heteroatoms. The van der Waals surface area contributed by atoms with Gasteiger partial charge in [0.25, 0.3) is 0 Å². The summed E-state index contributed by atoms with van der Waals surface area (Å²) in [7, 11) is 1.69. The number of amides is 1. The first kappa shape index (κ1) is 18.0. The lowest BCUT2D eigenvalue weighted by molar-refractivity contribution is -0.138. The lowest BCUT2D eigenvalue weighted by Gasteiger charge is -2.19. The van der Waals surface area contributed by atoms with Crippen molar-refractivity contribution >= 4 is 11.7 Å². The molecule has 130 valence electrons. The van der Waals surface area contributed by atoms with Gasteiger partial charge in [0.05, 0.1) is 17.8 Å². The minimum atomic E-state index is -4.43. The van der Waals surface area contributed by atoms with E-state index in [1.165, 1.54) is 16.8 Å². The van der Waals surface area contributed by atoms with Gasteiger partial charge in [0.1, 0.15) is 5.82 Å². The normalized spacial score (nSPS) is 12.9. The van der Waals surface area contributed by atoms with Gasteiger partial charge in [-0.25, -0.2) is 0 Å². The molecule has 0 aliphatic rings. The van der Waals surface area contributed by atoms with E-state index in [1.807, 2.05) is 0 Å². The number of hydrogen-bond acceptors (Lipinski definition) is 3. The summed E-state index contributed by atoms with van der Waals surface area (Å²) in [4.78, 5) is 12.0. The third-order valence-electron chi connectivity index (χ3n) is 3.57. The smallest absolute Gasteiger partial charge is 0.310 e. The molecule has 0 unspecified atom stereocenters. The van der Waals surface area contributed by atoms with Gasteiger partial charge in [-0.15, -0.1) is 0 Å². The third kappa shape index (κ3) is 4.35. The fourth-order valence-corrected chi connectivity index (χ4v) is 2.40. The second-order valence-corrected chi connectivity index (χ2v) is 5.53. The fourth-order valence-electron chi connectivity index (χ4n) is 2.40. The van der Waals surface area contributed by atoms with Crippen molar-refractivity contribution in [2.45, 2.75) is 26.1 Å². The Morgan fingerprint density at radius 2 is 2.00 bits per heavy atom. The number of carbonyl (C=O) groups is 1. The van der Waals surface area contributed by atoms with Crippen molar-refractivity contribution in [2.24, 2.45) is 7.05 Å². The van der Waals surface area contributed by atoms with Gasteiger partial charge in [-0.1, -0.05) is 18.2 Å². The molecule has 0 aliphatic carbocycles. The van der Waals surface area contributed by atoms with E-state index < -0.39 is 17.8 Å². The Kier molecular flexibility index (Phi) is 5.28. The van der Waals surface area contributed by atoms with Gasteiger partial charge in [-0.2, -0.15) is 18.3 Å². The largest absolute Gasteiger partial charge is 0.416 e. The molecule has 0 fully saturated rings. The summed E-state index contributed by atoms with van der Waals surface area (Å²) >= 11 is 0. The van der Waals surface area contributed by atoms with Gasteiger partial charge in [0, 0.05) is 19.2 Å². The predicted octanol–water partition coefficient (Wildman–Crippen LogP) is 3.04. The summed E-state index contributed by atoms with van der Waals surface area (Å²) in [6, 6.07) is 6.41. The molecule has 2 N–H and O–H groups in total. The van der Waals surface area contributed by atoms with Crippen LogP contribution in [0.5, 0.6) is 0 Å². The molecule has 5 nitrogen and oxygen atoms in total. The highest BCUT2D eigenvalue weighted by atomic mass is 19.4. The summed E-state index contributed by atoms with van der Waals surface area (Å²) in [5.41, 5.74) is 0.162. The van der Waals surface area contributed by atoms with Crippen LogP contribution < -0.4 is 10.6 Å². The quantitative estimate of drug-likeness (QED) is 0.880. The Balaban J connectivity index is 2.00. The molecular formula is C16H19F3N4O. The number of aromatic nitrogens is 2. The molecule has 2 rings (SSSR count). The molecule has 0 radical (unpaired) electrons. The lowest BCUT2D eigenvalue weighted by Crippen LogP contribution is -2.31. The highest BCUT2D eigenvalue weighted by Crippen LogP contribution is 2.34.